The normalized spacial score (nSPS) is 21.1. The molecule has 0 radical (unpaired) electrons. The number of aryl methyl sites for hydroxylation is 1. The Morgan fingerprint density at radius 2 is 2.09 bits per heavy atom. The maximum absolute atomic E-state index is 10.0. The predicted molar refractivity (Wildman–Crippen MR) is 91.2 cm³/mol. The summed E-state index contributed by atoms with van der Waals surface area (Å²) in [6.07, 6.45) is 3.94. The highest BCUT2D eigenvalue weighted by molar-refractivity contribution is 7.11. The standard InChI is InChI=1S/C18H24N2OS/c1-17(2,3)16-19-10-14(22-16)11-20-18(12-21)9-8-13-6-4-5-7-15(13)18/h4-7,10,20-21H,8-9,11-12H2,1-3H3/t18-/m0/s1. The van der Waals surface area contributed by atoms with E-state index in [0.717, 1.165) is 24.4 Å². The fourth-order valence-electron chi connectivity index (χ4n) is 3.08. The highest BCUT2D eigenvalue weighted by Crippen LogP contribution is 2.37. The highest BCUT2D eigenvalue weighted by Gasteiger charge is 2.37. The molecule has 0 fully saturated rings. The van der Waals surface area contributed by atoms with Crippen LogP contribution in [0.1, 0.15) is 48.2 Å². The predicted octanol–water partition coefficient (Wildman–Crippen LogP) is 3.36. The second-order valence-electron chi connectivity index (χ2n) is 7.13. The minimum absolute atomic E-state index is 0.0948. The van der Waals surface area contributed by atoms with Gasteiger partial charge in [0.2, 0.25) is 0 Å². The van der Waals surface area contributed by atoms with Crippen molar-refractivity contribution in [3.05, 3.63) is 51.5 Å². The molecule has 22 heavy (non-hydrogen) atoms. The van der Waals surface area contributed by atoms with Crippen LogP contribution >= 0.6 is 11.3 Å². The Bertz CT molecular complexity index is 659. The SMILES string of the molecule is CC(C)(C)c1ncc(CN[C@]2(CO)CCc3ccccc32)s1. The van der Waals surface area contributed by atoms with Gasteiger partial charge in [0.25, 0.3) is 0 Å². The van der Waals surface area contributed by atoms with Crippen molar-refractivity contribution in [3.8, 4) is 0 Å². The van der Waals surface area contributed by atoms with Gasteiger partial charge in [0.1, 0.15) is 0 Å². The molecule has 0 unspecified atom stereocenters. The Kier molecular flexibility index (Phi) is 4.10. The summed E-state index contributed by atoms with van der Waals surface area (Å²) in [5.41, 5.74) is 2.39. The molecule has 0 aliphatic heterocycles. The molecular formula is C18H24N2OS. The molecule has 2 N–H and O–H groups in total. The van der Waals surface area contributed by atoms with E-state index in [1.165, 1.54) is 16.0 Å². The summed E-state index contributed by atoms with van der Waals surface area (Å²) in [6.45, 7) is 7.44. The Morgan fingerprint density at radius 1 is 1.32 bits per heavy atom. The number of aliphatic hydroxyl groups excluding tert-OH is 1. The number of hydrogen-bond acceptors (Lipinski definition) is 4. The van der Waals surface area contributed by atoms with Crippen molar-refractivity contribution >= 4 is 11.3 Å². The zero-order valence-electron chi connectivity index (χ0n) is 13.5. The third kappa shape index (κ3) is 2.83. The molecule has 1 aliphatic rings. The molecule has 1 heterocycles. The van der Waals surface area contributed by atoms with Crippen LogP contribution in [0.3, 0.4) is 0 Å². The minimum Gasteiger partial charge on any atom is -0.394 e. The summed E-state index contributed by atoms with van der Waals surface area (Å²) in [4.78, 5) is 5.77. The van der Waals surface area contributed by atoms with Crippen molar-refractivity contribution in [2.24, 2.45) is 0 Å². The molecule has 0 saturated heterocycles. The molecule has 1 atom stereocenters. The zero-order chi connectivity index (χ0) is 15.8. The number of fused-ring (bicyclic) bond motifs is 1. The van der Waals surface area contributed by atoms with Gasteiger partial charge in [-0.2, -0.15) is 0 Å². The molecule has 118 valence electrons. The monoisotopic (exact) mass is 316 g/mol. The van der Waals surface area contributed by atoms with Gasteiger partial charge in [-0.3, -0.25) is 0 Å². The van der Waals surface area contributed by atoms with Crippen LogP contribution in [0.15, 0.2) is 30.5 Å². The van der Waals surface area contributed by atoms with Gasteiger partial charge in [-0.05, 0) is 24.0 Å². The molecule has 2 aromatic rings. The van der Waals surface area contributed by atoms with E-state index in [9.17, 15) is 5.11 Å². The topological polar surface area (TPSA) is 45.2 Å². The smallest absolute Gasteiger partial charge is 0.0981 e. The Hall–Kier alpha value is -1.23. The number of benzene rings is 1. The lowest BCUT2D eigenvalue weighted by Gasteiger charge is -2.29. The lowest BCUT2D eigenvalue weighted by molar-refractivity contribution is 0.159. The number of hydrogen-bond donors (Lipinski definition) is 2. The Balaban J connectivity index is 1.77. The fraction of sp³-hybridized carbons (Fsp3) is 0.500. The quantitative estimate of drug-likeness (QED) is 0.909. The average Bonchev–Trinajstić information content (AvgIpc) is 3.10. The number of rotatable bonds is 4. The van der Waals surface area contributed by atoms with Crippen LogP contribution in [0.2, 0.25) is 0 Å². The van der Waals surface area contributed by atoms with Gasteiger partial charge in [-0.25, -0.2) is 4.98 Å². The molecule has 0 saturated carbocycles. The van der Waals surface area contributed by atoms with Crippen LogP contribution in [0, 0.1) is 0 Å². The number of nitrogens with zero attached hydrogens (tertiary/aromatic N) is 1. The maximum atomic E-state index is 10.0. The molecule has 1 aliphatic carbocycles. The van der Waals surface area contributed by atoms with Gasteiger partial charge in [-0.15, -0.1) is 11.3 Å². The largest absolute Gasteiger partial charge is 0.394 e. The van der Waals surface area contributed by atoms with E-state index in [1.54, 1.807) is 11.3 Å². The van der Waals surface area contributed by atoms with E-state index >= 15 is 0 Å². The molecule has 3 nitrogen and oxygen atoms in total. The van der Waals surface area contributed by atoms with Crippen LogP contribution in [-0.4, -0.2) is 16.7 Å². The maximum Gasteiger partial charge on any atom is 0.0981 e. The van der Waals surface area contributed by atoms with Crippen LogP contribution in [0.4, 0.5) is 0 Å². The Labute approximate surface area is 136 Å². The van der Waals surface area contributed by atoms with Crippen molar-refractivity contribution in [1.82, 2.24) is 10.3 Å². The summed E-state index contributed by atoms with van der Waals surface area (Å²) in [5.74, 6) is 0. The molecule has 3 rings (SSSR count). The van der Waals surface area contributed by atoms with Gasteiger partial charge in [0.15, 0.2) is 0 Å². The zero-order valence-corrected chi connectivity index (χ0v) is 14.3. The van der Waals surface area contributed by atoms with E-state index in [4.69, 9.17) is 0 Å². The molecule has 1 aromatic heterocycles. The fourth-order valence-corrected chi connectivity index (χ4v) is 3.99. The summed E-state index contributed by atoms with van der Waals surface area (Å²) < 4.78 is 0. The van der Waals surface area contributed by atoms with E-state index in [2.05, 4.69) is 55.3 Å². The van der Waals surface area contributed by atoms with Crippen molar-refractivity contribution in [3.63, 3.8) is 0 Å². The van der Waals surface area contributed by atoms with E-state index in [-0.39, 0.29) is 17.6 Å². The third-order valence-corrected chi connectivity index (χ3v) is 5.84. The van der Waals surface area contributed by atoms with Crippen molar-refractivity contribution in [2.45, 2.75) is 51.1 Å². The van der Waals surface area contributed by atoms with Crippen molar-refractivity contribution < 1.29 is 5.11 Å². The van der Waals surface area contributed by atoms with Gasteiger partial charge in [0.05, 0.1) is 17.2 Å². The summed E-state index contributed by atoms with van der Waals surface area (Å²) >= 11 is 1.76. The first-order valence-electron chi connectivity index (χ1n) is 7.84. The molecule has 1 aromatic carbocycles. The molecule has 0 amide bonds. The van der Waals surface area contributed by atoms with Gasteiger partial charge < -0.3 is 10.4 Å². The average molecular weight is 316 g/mol. The summed E-state index contributed by atoms with van der Waals surface area (Å²) in [6, 6.07) is 8.43. The van der Waals surface area contributed by atoms with E-state index < -0.39 is 0 Å². The van der Waals surface area contributed by atoms with E-state index in [1.807, 2.05) is 6.20 Å². The minimum atomic E-state index is -0.303. The lowest BCUT2D eigenvalue weighted by atomic mass is 9.92. The second-order valence-corrected chi connectivity index (χ2v) is 8.25. The second kappa shape index (κ2) is 5.76. The van der Waals surface area contributed by atoms with Gasteiger partial charge in [-0.1, -0.05) is 45.0 Å². The molecule has 0 spiro atoms. The first-order chi connectivity index (χ1) is 10.4. The number of aliphatic hydroxyl groups is 1. The van der Waals surface area contributed by atoms with Crippen LogP contribution in [0.25, 0.3) is 0 Å². The lowest BCUT2D eigenvalue weighted by Crippen LogP contribution is -2.43. The van der Waals surface area contributed by atoms with E-state index in [0.29, 0.717) is 0 Å². The summed E-state index contributed by atoms with van der Waals surface area (Å²) in [7, 11) is 0. The molecule has 4 heteroatoms. The summed E-state index contributed by atoms with van der Waals surface area (Å²) in [5, 5.41) is 14.8. The number of aromatic nitrogens is 1. The highest BCUT2D eigenvalue weighted by atomic mass is 32.1. The molecule has 0 bridgehead atoms. The van der Waals surface area contributed by atoms with Crippen LogP contribution < -0.4 is 5.32 Å². The van der Waals surface area contributed by atoms with Crippen LogP contribution in [0.5, 0.6) is 0 Å². The third-order valence-electron chi connectivity index (χ3n) is 4.42. The van der Waals surface area contributed by atoms with Gasteiger partial charge in [0, 0.05) is 23.0 Å². The molecular weight excluding hydrogens is 292 g/mol. The van der Waals surface area contributed by atoms with Crippen molar-refractivity contribution in [2.75, 3.05) is 6.61 Å². The first kappa shape index (κ1) is 15.7. The van der Waals surface area contributed by atoms with Crippen LogP contribution in [-0.2, 0) is 23.9 Å². The van der Waals surface area contributed by atoms with Crippen molar-refractivity contribution in [1.29, 1.82) is 0 Å². The number of nitrogens with one attached hydrogen (secondary N) is 1. The number of thiazole rings is 1. The Morgan fingerprint density at radius 3 is 2.77 bits per heavy atom. The first-order valence-corrected chi connectivity index (χ1v) is 8.66. The van der Waals surface area contributed by atoms with Gasteiger partial charge >= 0.3 is 0 Å².